The Morgan fingerprint density at radius 2 is 1.48 bits per heavy atom. The molecular formula is C40H64N2O9P+. The monoisotopic (exact) mass is 753 g/mol. The Morgan fingerprint density at radius 3 is 2.08 bits per heavy atom. The average molecular weight is 754 g/mol. The Hall–Kier alpha value is -2.89. The summed E-state index contributed by atoms with van der Waals surface area (Å²) in [6, 6.07) is 16.5. The number of carbonyl (C=O) groups is 2. The number of phosphoric acid groups is 1. The van der Waals surface area contributed by atoms with Crippen molar-refractivity contribution in [1.29, 1.82) is 0 Å². The number of phosphoric ester groups is 1. The second kappa shape index (κ2) is 23.7. The van der Waals surface area contributed by atoms with Crippen molar-refractivity contribution in [2.75, 3.05) is 54.8 Å². The number of hydrogen-bond acceptors (Lipinski definition) is 8. The van der Waals surface area contributed by atoms with E-state index in [0.717, 1.165) is 44.1 Å². The molecule has 0 aliphatic heterocycles. The fourth-order valence-electron chi connectivity index (χ4n) is 5.23. The molecule has 1 unspecified atom stereocenters. The summed E-state index contributed by atoms with van der Waals surface area (Å²) >= 11 is 0. The number of methoxy groups -OCH3 is 1. The third-order valence-corrected chi connectivity index (χ3v) is 9.06. The van der Waals surface area contributed by atoms with Crippen LogP contribution in [0.1, 0.15) is 100 Å². The highest BCUT2D eigenvalue weighted by atomic mass is 31.2. The lowest BCUT2D eigenvalue weighted by Gasteiger charge is -2.28. The minimum Gasteiger partial charge on any atom is -0.444 e. The van der Waals surface area contributed by atoms with Crippen LogP contribution in [-0.2, 0) is 34.2 Å². The zero-order valence-corrected chi connectivity index (χ0v) is 33.4. The zero-order chi connectivity index (χ0) is 38.5. The van der Waals surface area contributed by atoms with Gasteiger partial charge in [0.15, 0.2) is 5.78 Å². The van der Waals surface area contributed by atoms with Crippen molar-refractivity contribution < 1.29 is 46.8 Å². The van der Waals surface area contributed by atoms with E-state index in [1.807, 2.05) is 75.8 Å². The highest BCUT2D eigenvalue weighted by molar-refractivity contribution is 7.47. The fourth-order valence-corrected chi connectivity index (χ4v) is 5.97. The molecule has 12 heteroatoms. The summed E-state index contributed by atoms with van der Waals surface area (Å²) in [4.78, 5) is 35.6. The molecule has 0 bridgehead atoms. The number of likely N-dealkylation sites (N-methyl/N-ethyl adjacent to an activating group) is 1. The number of nitrogens with zero attached hydrogens (tertiary/aromatic N) is 1. The van der Waals surface area contributed by atoms with E-state index in [2.05, 4.69) is 17.4 Å². The molecule has 2 aromatic carbocycles. The zero-order valence-electron chi connectivity index (χ0n) is 32.5. The first-order valence-corrected chi connectivity index (χ1v) is 20.0. The molecule has 11 nitrogen and oxygen atoms in total. The van der Waals surface area contributed by atoms with Crippen molar-refractivity contribution in [2.45, 2.75) is 103 Å². The van der Waals surface area contributed by atoms with Gasteiger partial charge in [0.1, 0.15) is 31.6 Å². The van der Waals surface area contributed by atoms with E-state index in [1.54, 1.807) is 20.8 Å². The second-order valence-electron chi connectivity index (χ2n) is 15.1. The molecule has 0 spiro atoms. The van der Waals surface area contributed by atoms with Gasteiger partial charge in [0, 0.05) is 18.2 Å². The molecule has 2 aromatic rings. The molecule has 52 heavy (non-hydrogen) atoms. The minimum absolute atomic E-state index is 0.0287. The van der Waals surface area contributed by atoms with Crippen LogP contribution in [0, 0.1) is 0 Å². The smallest absolute Gasteiger partial charge is 0.444 e. The number of rotatable bonds is 26. The van der Waals surface area contributed by atoms with Crippen LogP contribution in [0.3, 0.4) is 0 Å². The SMILES string of the molecule is COCO[C@H](/C=C/CCCCCCCCCCc1ccc(C(=O)c2ccccc2)cc1)[C@H](COP(=O)(O)OCC[N+]([14CH3])([14CH3])[14CH3])NC(=O)OC(C)(C)C. The third kappa shape index (κ3) is 21.0. The van der Waals surface area contributed by atoms with Gasteiger partial charge < -0.3 is 28.9 Å². The van der Waals surface area contributed by atoms with Crippen LogP contribution in [0.4, 0.5) is 4.79 Å². The molecule has 292 valence electrons. The summed E-state index contributed by atoms with van der Waals surface area (Å²) in [7, 11) is 2.94. The predicted octanol–water partition coefficient (Wildman–Crippen LogP) is 8.25. The Kier molecular flexibility index (Phi) is 20.6. The van der Waals surface area contributed by atoms with Crippen LogP contribution >= 0.6 is 7.82 Å². The van der Waals surface area contributed by atoms with Crippen molar-refractivity contribution in [3.63, 3.8) is 0 Å². The molecule has 0 fully saturated rings. The summed E-state index contributed by atoms with van der Waals surface area (Å²) < 4.78 is 40.0. The Labute approximate surface area is 312 Å². The number of quaternary nitrogens is 1. The van der Waals surface area contributed by atoms with Gasteiger partial charge >= 0.3 is 13.9 Å². The molecule has 0 aliphatic rings. The Balaban J connectivity index is 1.74. The van der Waals surface area contributed by atoms with Gasteiger partial charge in [-0.1, -0.05) is 105 Å². The molecule has 0 heterocycles. The predicted molar refractivity (Wildman–Crippen MR) is 205 cm³/mol. The molecule has 0 aliphatic carbocycles. The lowest BCUT2D eigenvalue weighted by atomic mass is 9.99. The number of amides is 1. The van der Waals surface area contributed by atoms with Crippen LogP contribution in [-0.4, -0.2) is 93.8 Å². The summed E-state index contributed by atoms with van der Waals surface area (Å²) in [5.74, 6) is 0.0559. The van der Waals surface area contributed by atoms with Gasteiger partial charge in [-0.25, -0.2) is 9.36 Å². The topological polar surface area (TPSA) is 130 Å². The lowest BCUT2D eigenvalue weighted by molar-refractivity contribution is -0.870. The summed E-state index contributed by atoms with van der Waals surface area (Å²) in [5, 5.41) is 2.73. The number of aryl methyl sites for hydroxylation is 1. The maximum atomic E-state index is 12.7. The van der Waals surface area contributed by atoms with Crippen LogP contribution in [0.15, 0.2) is 66.7 Å². The average Bonchev–Trinajstić information content (AvgIpc) is 3.07. The number of nitrogens with one attached hydrogen (secondary N) is 1. The van der Waals surface area contributed by atoms with Gasteiger partial charge in [-0.2, -0.15) is 0 Å². The molecule has 0 radical (unpaired) electrons. The Bertz CT molecular complexity index is 1370. The molecule has 0 saturated heterocycles. The van der Waals surface area contributed by atoms with Gasteiger partial charge in [0.25, 0.3) is 0 Å². The summed E-state index contributed by atoms with van der Waals surface area (Å²) in [5.41, 5.74) is 1.96. The van der Waals surface area contributed by atoms with Crippen molar-refractivity contribution in [3.8, 4) is 0 Å². The van der Waals surface area contributed by atoms with Crippen molar-refractivity contribution in [1.82, 2.24) is 5.32 Å². The number of allylic oxidation sites excluding steroid dienone is 1. The van der Waals surface area contributed by atoms with Gasteiger partial charge in [-0.15, -0.1) is 0 Å². The van der Waals surface area contributed by atoms with Crippen LogP contribution in [0.5, 0.6) is 0 Å². The quantitative estimate of drug-likeness (QED) is 0.0244. The van der Waals surface area contributed by atoms with Gasteiger partial charge in [-0.05, 0) is 52.0 Å². The first-order valence-electron chi connectivity index (χ1n) is 18.5. The van der Waals surface area contributed by atoms with E-state index in [1.165, 1.54) is 38.4 Å². The van der Waals surface area contributed by atoms with E-state index in [4.69, 9.17) is 23.3 Å². The maximum Gasteiger partial charge on any atom is 0.472 e. The lowest BCUT2D eigenvalue weighted by Crippen LogP contribution is -2.48. The minimum atomic E-state index is -4.39. The maximum absolute atomic E-state index is 12.7. The normalized spacial score (nSPS) is 14.5. The molecule has 3 atom stereocenters. The van der Waals surface area contributed by atoms with Crippen LogP contribution in [0.25, 0.3) is 0 Å². The number of carbonyl (C=O) groups excluding carboxylic acids is 2. The van der Waals surface area contributed by atoms with Crippen molar-refractivity contribution in [2.24, 2.45) is 0 Å². The number of unbranched alkanes of at least 4 members (excludes halogenated alkanes) is 8. The van der Waals surface area contributed by atoms with Gasteiger partial charge in [-0.3, -0.25) is 13.8 Å². The molecule has 1 amide bonds. The van der Waals surface area contributed by atoms with Crippen LogP contribution in [0.2, 0.25) is 0 Å². The molecule has 2 rings (SSSR count). The number of ether oxygens (including phenoxy) is 3. The highest BCUT2D eigenvalue weighted by Gasteiger charge is 2.30. The third-order valence-electron chi connectivity index (χ3n) is 8.07. The van der Waals surface area contributed by atoms with E-state index in [9.17, 15) is 19.0 Å². The van der Waals surface area contributed by atoms with Crippen LogP contribution < -0.4 is 5.32 Å². The Morgan fingerprint density at radius 1 is 0.885 bits per heavy atom. The van der Waals surface area contributed by atoms with Crippen molar-refractivity contribution in [3.05, 3.63) is 83.4 Å². The first-order chi connectivity index (χ1) is 24.6. The number of ketones is 1. The summed E-state index contributed by atoms with van der Waals surface area (Å²) in [6.07, 6.45) is 13.4. The molecule has 0 aromatic heterocycles. The van der Waals surface area contributed by atoms with E-state index in [0.29, 0.717) is 16.6 Å². The number of benzene rings is 2. The number of alkyl carbamates (subject to hydrolysis) is 1. The van der Waals surface area contributed by atoms with Crippen molar-refractivity contribution >= 4 is 19.7 Å². The van der Waals surface area contributed by atoms with Gasteiger partial charge in [0.05, 0.1) is 33.8 Å². The summed E-state index contributed by atoms with van der Waals surface area (Å²) in [6.45, 7) is 5.38. The number of hydrogen-bond donors (Lipinski definition) is 2. The first kappa shape index (κ1) is 45.3. The standard InChI is InChI=1S/C40H63N2O9P/c1-40(2,3)51-39(44)41-36(31-50-52(45,46)49-30-29-42(4,5)6)37(48-32-47-7)24-20-15-13-11-9-8-10-12-14-17-21-33-25-27-35(28-26-33)38(43)34-22-18-16-19-23-34/h16,18-20,22-28,36-37H,8-15,17,21,29-32H2,1-7H3,(H-,41,44,45,46)/p+1/b24-20+/t36-,37+/m0/s1/i4+2,5+2,6+2. The molecule has 2 N–H and O–H groups in total. The molecule has 0 saturated carbocycles. The van der Waals surface area contributed by atoms with Gasteiger partial charge in [0.2, 0.25) is 0 Å². The van der Waals surface area contributed by atoms with E-state index in [-0.39, 0.29) is 25.8 Å². The van der Waals surface area contributed by atoms with E-state index >= 15 is 0 Å². The van der Waals surface area contributed by atoms with E-state index < -0.39 is 31.7 Å². The second-order valence-corrected chi connectivity index (χ2v) is 16.5. The molecular weight excluding hydrogens is 689 g/mol. The fraction of sp³-hybridized carbons (Fsp3) is 0.600. The largest absolute Gasteiger partial charge is 0.472 e. The highest BCUT2D eigenvalue weighted by Crippen LogP contribution is 2.43.